The molecule has 1 amide bonds. The molecule has 0 unspecified atom stereocenters. The van der Waals surface area contributed by atoms with E-state index in [1.54, 1.807) is 24.3 Å². The number of hydrogen-bond donors (Lipinski definition) is 1. The van der Waals surface area contributed by atoms with Crippen LogP contribution in [0.1, 0.15) is 20.8 Å². The van der Waals surface area contributed by atoms with Crippen molar-refractivity contribution in [2.75, 3.05) is 19.5 Å². The predicted molar refractivity (Wildman–Crippen MR) is 74.3 cm³/mol. The first-order valence-corrected chi connectivity index (χ1v) is 6.00. The molecule has 0 spiro atoms. The zero-order chi connectivity index (χ0) is 15.2. The second-order valence-electron chi connectivity index (χ2n) is 3.93. The summed E-state index contributed by atoms with van der Waals surface area (Å²) in [7, 11) is 2.77. The maximum absolute atomic E-state index is 12.1. The van der Waals surface area contributed by atoms with E-state index in [1.807, 2.05) is 0 Å². The Hall–Kier alpha value is -2.96. The second kappa shape index (κ2) is 6.47. The first-order chi connectivity index (χ1) is 10.2. The fraction of sp³-hybridized carbons (Fsp3) is 0.143. The summed E-state index contributed by atoms with van der Waals surface area (Å²) in [6, 6.07) is 6.52. The number of methoxy groups -OCH3 is 2. The van der Waals surface area contributed by atoms with Gasteiger partial charge in [-0.05, 0) is 24.3 Å². The van der Waals surface area contributed by atoms with Gasteiger partial charge in [0.15, 0.2) is 11.5 Å². The molecule has 1 aromatic heterocycles. The molecule has 21 heavy (non-hydrogen) atoms. The largest absolute Gasteiger partial charge is 0.497 e. The fourth-order valence-electron chi connectivity index (χ4n) is 1.60. The van der Waals surface area contributed by atoms with Gasteiger partial charge in [-0.3, -0.25) is 4.79 Å². The third-order valence-corrected chi connectivity index (χ3v) is 2.66. The van der Waals surface area contributed by atoms with Crippen LogP contribution in [0.2, 0.25) is 0 Å². The normalized spacial score (nSPS) is 9.81. The minimum Gasteiger partial charge on any atom is -0.497 e. The molecule has 0 fully saturated rings. The quantitative estimate of drug-likeness (QED) is 0.857. The summed E-state index contributed by atoms with van der Waals surface area (Å²) >= 11 is 0. The number of amides is 1. The number of benzene rings is 1. The van der Waals surface area contributed by atoms with Crippen molar-refractivity contribution >= 4 is 17.7 Å². The second-order valence-corrected chi connectivity index (χ2v) is 3.93. The van der Waals surface area contributed by atoms with Crippen LogP contribution >= 0.6 is 0 Å². The van der Waals surface area contributed by atoms with Crippen molar-refractivity contribution < 1.29 is 19.1 Å². The first-order valence-electron chi connectivity index (χ1n) is 6.00. The number of carbonyl (C=O) groups is 2. The maximum Gasteiger partial charge on any atom is 0.360 e. The third-order valence-electron chi connectivity index (χ3n) is 2.66. The molecule has 0 aliphatic heterocycles. The molecular formula is C14H13N3O4. The number of anilines is 1. The molecule has 108 valence electrons. The summed E-state index contributed by atoms with van der Waals surface area (Å²) in [6.07, 6.45) is 2.71. The van der Waals surface area contributed by atoms with Crippen LogP contribution in [0.3, 0.4) is 0 Å². The number of nitrogens with zero attached hydrogens (tertiary/aromatic N) is 2. The van der Waals surface area contributed by atoms with Gasteiger partial charge in [-0.1, -0.05) is 0 Å². The van der Waals surface area contributed by atoms with Gasteiger partial charge in [0, 0.05) is 18.0 Å². The molecule has 7 nitrogen and oxygen atoms in total. The van der Waals surface area contributed by atoms with Gasteiger partial charge in [-0.25, -0.2) is 14.8 Å². The molecule has 2 rings (SSSR count). The zero-order valence-corrected chi connectivity index (χ0v) is 11.5. The van der Waals surface area contributed by atoms with E-state index in [2.05, 4.69) is 20.0 Å². The van der Waals surface area contributed by atoms with E-state index in [0.29, 0.717) is 11.3 Å². The Morgan fingerprint density at radius 2 is 1.71 bits per heavy atom. The number of hydrogen-bond acceptors (Lipinski definition) is 6. The molecular weight excluding hydrogens is 274 g/mol. The SMILES string of the molecule is COC(=O)c1nccnc1NC(=O)c1ccc(OC)cc1. The Morgan fingerprint density at radius 1 is 1.05 bits per heavy atom. The Balaban J connectivity index is 2.21. The Morgan fingerprint density at radius 3 is 2.33 bits per heavy atom. The lowest BCUT2D eigenvalue weighted by Crippen LogP contribution is -2.17. The van der Waals surface area contributed by atoms with Gasteiger partial charge in [0.25, 0.3) is 5.91 Å². The number of esters is 1. The van der Waals surface area contributed by atoms with Gasteiger partial charge in [0.1, 0.15) is 5.75 Å². The molecule has 0 atom stereocenters. The molecule has 2 aromatic rings. The monoisotopic (exact) mass is 287 g/mol. The highest BCUT2D eigenvalue weighted by molar-refractivity contribution is 6.06. The number of rotatable bonds is 4. The van der Waals surface area contributed by atoms with Crippen LogP contribution < -0.4 is 10.1 Å². The zero-order valence-electron chi connectivity index (χ0n) is 11.5. The molecule has 0 radical (unpaired) electrons. The van der Waals surface area contributed by atoms with E-state index in [9.17, 15) is 9.59 Å². The smallest absolute Gasteiger partial charge is 0.360 e. The van der Waals surface area contributed by atoms with Gasteiger partial charge in [-0.15, -0.1) is 0 Å². The van der Waals surface area contributed by atoms with Crippen molar-refractivity contribution in [1.82, 2.24) is 9.97 Å². The summed E-state index contributed by atoms with van der Waals surface area (Å²) in [5, 5.41) is 2.53. The van der Waals surface area contributed by atoms with Crippen molar-refractivity contribution in [3.63, 3.8) is 0 Å². The maximum atomic E-state index is 12.1. The van der Waals surface area contributed by atoms with Gasteiger partial charge < -0.3 is 14.8 Å². The van der Waals surface area contributed by atoms with Crippen LogP contribution in [-0.2, 0) is 4.74 Å². The van der Waals surface area contributed by atoms with Crippen molar-refractivity contribution in [3.05, 3.63) is 47.9 Å². The van der Waals surface area contributed by atoms with E-state index < -0.39 is 11.9 Å². The summed E-state index contributed by atoms with van der Waals surface area (Å²) in [5.74, 6) is -0.400. The van der Waals surface area contributed by atoms with Crippen LogP contribution in [0.4, 0.5) is 5.82 Å². The molecule has 7 heteroatoms. The van der Waals surface area contributed by atoms with Gasteiger partial charge in [0.05, 0.1) is 14.2 Å². The van der Waals surface area contributed by atoms with Gasteiger partial charge in [0.2, 0.25) is 0 Å². The number of ether oxygens (including phenoxy) is 2. The molecule has 0 saturated carbocycles. The number of carbonyl (C=O) groups excluding carboxylic acids is 2. The predicted octanol–water partition coefficient (Wildman–Crippen LogP) is 1.52. The molecule has 1 N–H and O–H groups in total. The van der Waals surface area contributed by atoms with Crippen molar-refractivity contribution in [1.29, 1.82) is 0 Å². The summed E-state index contributed by atoms with van der Waals surface area (Å²) in [4.78, 5) is 31.4. The van der Waals surface area contributed by atoms with Gasteiger partial charge in [-0.2, -0.15) is 0 Å². The lowest BCUT2D eigenvalue weighted by atomic mass is 10.2. The molecule has 0 aliphatic carbocycles. The summed E-state index contributed by atoms with van der Waals surface area (Å²) in [6.45, 7) is 0. The lowest BCUT2D eigenvalue weighted by Gasteiger charge is -2.08. The van der Waals surface area contributed by atoms with Crippen molar-refractivity contribution in [2.45, 2.75) is 0 Å². The average Bonchev–Trinajstić information content (AvgIpc) is 2.54. The van der Waals surface area contributed by atoms with Crippen LogP contribution in [0.5, 0.6) is 5.75 Å². The molecule has 0 bridgehead atoms. The number of nitrogens with one attached hydrogen (secondary N) is 1. The van der Waals surface area contributed by atoms with E-state index in [0.717, 1.165) is 0 Å². The minimum atomic E-state index is -0.673. The lowest BCUT2D eigenvalue weighted by molar-refractivity contribution is 0.0595. The standard InChI is InChI=1S/C14H13N3O4/c1-20-10-5-3-9(4-6-10)13(18)17-12-11(14(19)21-2)15-7-8-16-12/h3-8H,1-2H3,(H,16,17,18). The summed E-state index contributed by atoms with van der Waals surface area (Å²) in [5.41, 5.74) is 0.346. The number of aromatic nitrogens is 2. The molecule has 0 saturated heterocycles. The van der Waals surface area contributed by atoms with Crippen LogP contribution in [0, 0.1) is 0 Å². The third kappa shape index (κ3) is 3.33. The van der Waals surface area contributed by atoms with Gasteiger partial charge >= 0.3 is 5.97 Å². The fourth-order valence-corrected chi connectivity index (χ4v) is 1.60. The highest BCUT2D eigenvalue weighted by Gasteiger charge is 2.17. The van der Waals surface area contributed by atoms with E-state index in [1.165, 1.54) is 26.6 Å². The molecule has 0 aliphatic rings. The van der Waals surface area contributed by atoms with Crippen molar-refractivity contribution in [3.8, 4) is 5.75 Å². The van der Waals surface area contributed by atoms with E-state index in [4.69, 9.17) is 4.74 Å². The van der Waals surface area contributed by atoms with E-state index >= 15 is 0 Å². The van der Waals surface area contributed by atoms with Crippen molar-refractivity contribution in [2.24, 2.45) is 0 Å². The Bertz CT molecular complexity index is 656. The first kappa shape index (κ1) is 14.4. The highest BCUT2D eigenvalue weighted by Crippen LogP contribution is 2.14. The van der Waals surface area contributed by atoms with Crippen LogP contribution in [0.15, 0.2) is 36.7 Å². The average molecular weight is 287 g/mol. The Labute approximate surface area is 120 Å². The summed E-state index contributed by atoms with van der Waals surface area (Å²) < 4.78 is 9.60. The molecule has 1 aromatic carbocycles. The highest BCUT2D eigenvalue weighted by atomic mass is 16.5. The Kier molecular flexibility index (Phi) is 4.45. The topological polar surface area (TPSA) is 90.4 Å². The minimum absolute atomic E-state index is 0.0465. The van der Waals surface area contributed by atoms with E-state index in [-0.39, 0.29) is 11.5 Å². The van der Waals surface area contributed by atoms with Crippen LogP contribution in [0.25, 0.3) is 0 Å². The molecule has 1 heterocycles. The van der Waals surface area contributed by atoms with Crippen LogP contribution in [-0.4, -0.2) is 36.1 Å².